The van der Waals surface area contributed by atoms with Crippen molar-refractivity contribution in [1.29, 1.82) is 0 Å². The van der Waals surface area contributed by atoms with Crippen LogP contribution in [0, 0.1) is 12.9 Å². The number of carboxylic acid groups (broad SMARTS) is 1. The van der Waals surface area contributed by atoms with Crippen LogP contribution in [0.15, 0.2) is 30.6 Å². The molecule has 0 atom stereocenters. The number of halogens is 1. The molecule has 0 saturated heterocycles. The molecule has 88 valence electrons. The topological polar surface area (TPSA) is 55.1 Å². The van der Waals surface area contributed by atoms with Crippen LogP contribution in [-0.4, -0.2) is 20.6 Å². The lowest BCUT2D eigenvalue weighted by molar-refractivity contribution is 0.0685. The van der Waals surface area contributed by atoms with Crippen molar-refractivity contribution in [3.63, 3.8) is 0 Å². The second-order valence-corrected chi connectivity index (χ2v) is 3.82. The second-order valence-electron chi connectivity index (χ2n) is 3.82. The molecule has 0 amide bonds. The molecule has 0 bridgehead atoms. The highest BCUT2D eigenvalue weighted by molar-refractivity contribution is 5.86. The van der Waals surface area contributed by atoms with Crippen LogP contribution in [-0.2, 0) is 6.54 Å². The van der Waals surface area contributed by atoms with Gasteiger partial charge >= 0.3 is 5.97 Å². The Morgan fingerprint density at radius 2 is 2.29 bits per heavy atom. The molecule has 0 fully saturated rings. The smallest absolute Gasteiger partial charge is 0.352 e. The third kappa shape index (κ3) is 2.50. The molecule has 0 aliphatic carbocycles. The summed E-state index contributed by atoms with van der Waals surface area (Å²) in [6.07, 6.45) is 3.09. The molecule has 0 aliphatic heterocycles. The SMILES string of the molecule is Cc1cc(C(=O)O)n(Cc2ccnc(F)c2)c1. The Kier molecular flexibility index (Phi) is 2.91. The maximum absolute atomic E-state index is 12.9. The fourth-order valence-electron chi connectivity index (χ4n) is 1.70. The molecule has 5 heteroatoms. The normalized spacial score (nSPS) is 10.5. The van der Waals surface area contributed by atoms with Crippen LogP contribution in [0.5, 0.6) is 0 Å². The molecule has 0 saturated carbocycles. The zero-order chi connectivity index (χ0) is 12.4. The van der Waals surface area contributed by atoms with E-state index in [1.54, 1.807) is 22.9 Å². The van der Waals surface area contributed by atoms with Crippen LogP contribution >= 0.6 is 0 Å². The van der Waals surface area contributed by atoms with Gasteiger partial charge in [0.1, 0.15) is 5.69 Å². The zero-order valence-corrected chi connectivity index (χ0v) is 9.22. The first-order chi connectivity index (χ1) is 8.06. The van der Waals surface area contributed by atoms with Crippen molar-refractivity contribution in [2.75, 3.05) is 0 Å². The van der Waals surface area contributed by atoms with Crippen molar-refractivity contribution in [2.24, 2.45) is 0 Å². The summed E-state index contributed by atoms with van der Waals surface area (Å²) in [4.78, 5) is 14.4. The average Bonchev–Trinajstić information content (AvgIpc) is 2.59. The minimum atomic E-state index is -0.993. The number of hydrogen-bond donors (Lipinski definition) is 1. The second kappa shape index (κ2) is 4.37. The van der Waals surface area contributed by atoms with Crippen molar-refractivity contribution in [3.05, 3.63) is 53.4 Å². The fourth-order valence-corrected chi connectivity index (χ4v) is 1.70. The average molecular weight is 234 g/mol. The number of aromatic carboxylic acids is 1. The first-order valence-corrected chi connectivity index (χ1v) is 5.07. The van der Waals surface area contributed by atoms with Crippen molar-refractivity contribution < 1.29 is 14.3 Å². The summed E-state index contributed by atoms with van der Waals surface area (Å²) in [7, 11) is 0. The summed E-state index contributed by atoms with van der Waals surface area (Å²) in [5, 5.41) is 9.00. The molecular formula is C12H11FN2O2. The summed E-state index contributed by atoms with van der Waals surface area (Å²) < 4.78 is 14.5. The van der Waals surface area contributed by atoms with E-state index in [1.807, 2.05) is 6.92 Å². The minimum Gasteiger partial charge on any atom is -0.477 e. The lowest BCUT2D eigenvalue weighted by atomic mass is 10.2. The number of carboxylic acids is 1. The van der Waals surface area contributed by atoms with Gasteiger partial charge in [-0.25, -0.2) is 9.78 Å². The van der Waals surface area contributed by atoms with Gasteiger partial charge in [-0.1, -0.05) is 0 Å². The van der Waals surface area contributed by atoms with Crippen LogP contribution in [0.2, 0.25) is 0 Å². The number of carbonyl (C=O) groups is 1. The molecule has 2 rings (SSSR count). The summed E-state index contributed by atoms with van der Waals surface area (Å²) in [5.74, 6) is -1.56. The summed E-state index contributed by atoms with van der Waals surface area (Å²) >= 11 is 0. The van der Waals surface area contributed by atoms with Crippen LogP contribution in [0.1, 0.15) is 21.6 Å². The Labute approximate surface area is 97.3 Å². The molecular weight excluding hydrogens is 223 g/mol. The van der Waals surface area contributed by atoms with E-state index in [2.05, 4.69) is 4.98 Å². The Morgan fingerprint density at radius 3 is 2.94 bits per heavy atom. The van der Waals surface area contributed by atoms with E-state index < -0.39 is 11.9 Å². The van der Waals surface area contributed by atoms with Gasteiger partial charge in [0.15, 0.2) is 0 Å². The van der Waals surface area contributed by atoms with Gasteiger partial charge in [0.2, 0.25) is 5.95 Å². The molecule has 0 unspecified atom stereocenters. The van der Waals surface area contributed by atoms with Gasteiger partial charge in [0.05, 0.1) is 0 Å². The Hall–Kier alpha value is -2.17. The maximum atomic E-state index is 12.9. The van der Waals surface area contributed by atoms with Crippen LogP contribution in [0.3, 0.4) is 0 Å². The van der Waals surface area contributed by atoms with Gasteiger partial charge in [-0.15, -0.1) is 0 Å². The van der Waals surface area contributed by atoms with E-state index in [1.165, 1.54) is 12.3 Å². The van der Waals surface area contributed by atoms with Crippen LogP contribution in [0.4, 0.5) is 4.39 Å². The molecule has 17 heavy (non-hydrogen) atoms. The minimum absolute atomic E-state index is 0.194. The lowest BCUT2D eigenvalue weighted by Gasteiger charge is -2.06. The quantitative estimate of drug-likeness (QED) is 0.827. The predicted molar refractivity (Wildman–Crippen MR) is 59.4 cm³/mol. The molecule has 2 heterocycles. The van der Waals surface area contributed by atoms with Crippen LogP contribution in [0.25, 0.3) is 0 Å². The number of nitrogens with zero attached hydrogens (tertiary/aromatic N) is 2. The van der Waals surface area contributed by atoms with E-state index in [0.29, 0.717) is 12.1 Å². The largest absolute Gasteiger partial charge is 0.477 e. The third-order valence-corrected chi connectivity index (χ3v) is 2.40. The molecule has 1 N–H and O–H groups in total. The monoisotopic (exact) mass is 234 g/mol. The van der Waals surface area contributed by atoms with Gasteiger partial charge in [-0.3, -0.25) is 0 Å². The lowest BCUT2D eigenvalue weighted by Crippen LogP contribution is -2.08. The summed E-state index contributed by atoms with van der Waals surface area (Å²) in [6.45, 7) is 2.13. The molecule has 0 spiro atoms. The highest BCUT2D eigenvalue weighted by atomic mass is 19.1. The van der Waals surface area contributed by atoms with E-state index >= 15 is 0 Å². The van der Waals surface area contributed by atoms with Crippen LogP contribution < -0.4 is 0 Å². The number of pyridine rings is 1. The third-order valence-electron chi connectivity index (χ3n) is 2.40. The first kappa shape index (κ1) is 11.3. The highest BCUT2D eigenvalue weighted by Gasteiger charge is 2.11. The number of aryl methyl sites for hydroxylation is 1. The molecule has 2 aromatic rings. The van der Waals surface area contributed by atoms with Crippen molar-refractivity contribution in [1.82, 2.24) is 9.55 Å². The molecule has 0 aromatic carbocycles. The molecule has 4 nitrogen and oxygen atoms in total. The van der Waals surface area contributed by atoms with Crippen molar-refractivity contribution in [2.45, 2.75) is 13.5 Å². The number of rotatable bonds is 3. The van der Waals surface area contributed by atoms with Gasteiger partial charge < -0.3 is 9.67 Å². The fraction of sp³-hybridized carbons (Fsp3) is 0.167. The van der Waals surface area contributed by atoms with Gasteiger partial charge in [-0.2, -0.15) is 4.39 Å². The molecule has 0 aliphatic rings. The Bertz CT molecular complexity index is 563. The van der Waals surface area contributed by atoms with Gasteiger partial charge in [0.25, 0.3) is 0 Å². The van der Waals surface area contributed by atoms with E-state index in [0.717, 1.165) is 5.56 Å². The maximum Gasteiger partial charge on any atom is 0.352 e. The standard InChI is InChI=1S/C12H11FN2O2/c1-8-4-10(12(16)17)15(6-8)7-9-2-3-14-11(13)5-9/h2-6H,7H2,1H3,(H,16,17). The predicted octanol–water partition coefficient (Wildman–Crippen LogP) is 2.08. The summed E-state index contributed by atoms with van der Waals surface area (Å²) in [6, 6.07) is 4.53. The number of aromatic nitrogens is 2. The zero-order valence-electron chi connectivity index (χ0n) is 9.22. The number of hydrogen-bond acceptors (Lipinski definition) is 2. The van der Waals surface area contributed by atoms with Crippen molar-refractivity contribution >= 4 is 5.97 Å². The molecule has 0 radical (unpaired) electrons. The Morgan fingerprint density at radius 1 is 1.53 bits per heavy atom. The van der Waals surface area contributed by atoms with E-state index in [9.17, 15) is 9.18 Å². The first-order valence-electron chi connectivity index (χ1n) is 5.07. The van der Waals surface area contributed by atoms with E-state index in [4.69, 9.17) is 5.11 Å². The van der Waals surface area contributed by atoms with Gasteiger partial charge in [0, 0.05) is 18.9 Å². The summed E-state index contributed by atoms with van der Waals surface area (Å²) in [5.41, 5.74) is 1.73. The Balaban J connectivity index is 2.32. The van der Waals surface area contributed by atoms with E-state index in [-0.39, 0.29) is 5.69 Å². The highest BCUT2D eigenvalue weighted by Crippen LogP contribution is 2.11. The molecule has 2 aromatic heterocycles. The van der Waals surface area contributed by atoms with Crippen molar-refractivity contribution in [3.8, 4) is 0 Å². The van der Waals surface area contributed by atoms with Gasteiger partial charge in [-0.05, 0) is 36.2 Å².